The Morgan fingerprint density at radius 1 is 1.38 bits per heavy atom. The quantitative estimate of drug-likeness (QED) is 0.743. The molecule has 6 nitrogen and oxygen atoms in total. The lowest BCUT2D eigenvalue weighted by molar-refractivity contribution is 0.0911. The Kier molecular flexibility index (Phi) is 5.71. The zero-order chi connectivity index (χ0) is 15.1. The Morgan fingerprint density at radius 3 is 2.81 bits per heavy atom. The number of carbonyl (C=O) groups is 1. The Bertz CT molecular complexity index is 573. The molecule has 112 valence electrons. The SMILES string of the molecule is O=C(NC(CO)Cc1ccccc1)c1cn(CCCl)nn1. The van der Waals surface area contributed by atoms with Gasteiger partial charge in [0.25, 0.3) is 5.91 Å². The molecule has 1 unspecified atom stereocenters. The van der Waals surface area contributed by atoms with Crippen LogP contribution in [0.15, 0.2) is 36.5 Å². The molecule has 2 rings (SSSR count). The number of hydrogen-bond acceptors (Lipinski definition) is 4. The molecule has 0 aliphatic rings. The van der Waals surface area contributed by atoms with Crippen molar-refractivity contribution in [1.82, 2.24) is 20.3 Å². The van der Waals surface area contributed by atoms with E-state index in [0.717, 1.165) is 5.56 Å². The van der Waals surface area contributed by atoms with Crippen molar-refractivity contribution in [3.8, 4) is 0 Å². The number of nitrogens with zero attached hydrogens (tertiary/aromatic N) is 3. The number of carbonyl (C=O) groups excluding carboxylic acids is 1. The fourth-order valence-electron chi connectivity index (χ4n) is 1.92. The largest absolute Gasteiger partial charge is 0.394 e. The van der Waals surface area contributed by atoms with Gasteiger partial charge in [-0.1, -0.05) is 35.5 Å². The Morgan fingerprint density at radius 2 is 2.14 bits per heavy atom. The van der Waals surface area contributed by atoms with Gasteiger partial charge >= 0.3 is 0 Å². The Labute approximate surface area is 127 Å². The van der Waals surface area contributed by atoms with Crippen molar-refractivity contribution in [2.45, 2.75) is 19.0 Å². The molecule has 0 fully saturated rings. The number of halogens is 1. The topological polar surface area (TPSA) is 80.0 Å². The summed E-state index contributed by atoms with van der Waals surface area (Å²) in [4.78, 5) is 12.1. The number of aromatic nitrogens is 3. The number of alkyl halides is 1. The number of benzene rings is 1. The first-order chi connectivity index (χ1) is 10.2. The smallest absolute Gasteiger partial charge is 0.273 e. The summed E-state index contributed by atoms with van der Waals surface area (Å²) in [6.07, 6.45) is 2.09. The van der Waals surface area contributed by atoms with Gasteiger partial charge in [-0.2, -0.15) is 0 Å². The first kappa shape index (κ1) is 15.5. The van der Waals surface area contributed by atoms with E-state index in [4.69, 9.17) is 11.6 Å². The van der Waals surface area contributed by atoms with Crippen LogP contribution in [0.25, 0.3) is 0 Å². The molecule has 2 aromatic rings. The zero-order valence-electron chi connectivity index (χ0n) is 11.4. The highest BCUT2D eigenvalue weighted by atomic mass is 35.5. The third-order valence-electron chi connectivity index (χ3n) is 2.97. The first-order valence-electron chi connectivity index (χ1n) is 6.64. The van der Waals surface area contributed by atoms with Crippen LogP contribution >= 0.6 is 11.6 Å². The van der Waals surface area contributed by atoms with Crippen molar-refractivity contribution in [2.75, 3.05) is 12.5 Å². The van der Waals surface area contributed by atoms with E-state index in [2.05, 4.69) is 15.6 Å². The fourth-order valence-corrected chi connectivity index (χ4v) is 2.09. The second kappa shape index (κ2) is 7.75. The lowest BCUT2D eigenvalue weighted by Crippen LogP contribution is -2.39. The third-order valence-corrected chi connectivity index (χ3v) is 3.13. The van der Waals surface area contributed by atoms with Crippen LogP contribution in [0.4, 0.5) is 0 Å². The lowest BCUT2D eigenvalue weighted by atomic mass is 10.1. The minimum absolute atomic E-state index is 0.142. The lowest BCUT2D eigenvalue weighted by Gasteiger charge is -2.15. The maximum atomic E-state index is 12.1. The summed E-state index contributed by atoms with van der Waals surface area (Å²) in [5, 5.41) is 19.7. The molecule has 2 N–H and O–H groups in total. The van der Waals surface area contributed by atoms with Crippen LogP contribution in [0.2, 0.25) is 0 Å². The van der Waals surface area contributed by atoms with Gasteiger partial charge in [0.1, 0.15) is 0 Å². The summed E-state index contributed by atoms with van der Waals surface area (Å²) in [5.74, 6) is 0.0447. The Hall–Kier alpha value is -1.92. The summed E-state index contributed by atoms with van der Waals surface area (Å²) in [6.45, 7) is 0.353. The van der Waals surface area contributed by atoms with Crippen molar-refractivity contribution in [2.24, 2.45) is 0 Å². The molecule has 21 heavy (non-hydrogen) atoms. The standard InChI is InChI=1S/C14H17ClN4O2/c15-6-7-19-9-13(17-18-19)14(21)16-12(10-20)8-11-4-2-1-3-5-11/h1-5,9,12,20H,6-8,10H2,(H,16,21). The van der Waals surface area contributed by atoms with E-state index in [1.807, 2.05) is 30.3 Å². The molecule has 0 saturated carbocycles. The van der Waals surface area contributed by atoms with Crippen LogP contribution < -0.4 is 5.32 Å². The molecule has 1 atom stereocenters. The number of rotatable bonds is 7. The predicted octanol–water partition coefficient (Wildman–Crippen LogP) is 0.850. The van der Waals surface area contributed by atoms with Gasteiger partial charge in [0.05, 0.1) is 25.4 Å². The first-order valence-corrected chi connectivity index (χ1v) is 7.18. The van der Waals surface area contributed by atoms with E-state index in [1.54, 1.807) is 0 Å². The molecule has 0 radical (unpaired) electrons. The molecule has 7 heteroatoms. The summed E-state index contributed by atoms with van der Waals surface area (Å²) in [7, 11) is 0. The van der Waals surface area contributed by atoms with Gasteiger partial charge in [-0.15, -0.1) is 16.7 Å². The molecule has 1 amide bonds. The van der Waals surface area contributed by atoms with Crippen molar-refractivity contribution >= 4 is 17.5 Å². The molecule has 1 heterocycles. The number of aryl methyl sites for hydroxylation is 1. The van der Waals surface area contributed by atoms with Crippen LogP contribution in [0.1, 0.15) is 16.1 Å². The average molecular weight is 309 g/mol. The van der Waals surface area contributed by atoms with Crippen molar-refractivity contribution in [1.29, 1.82) is 0 Å². The highest BCUT2D eigenvalue weighted by molar-refractivity contribution is 6.17. The molecular weight excluding hydrogens is 292 g/mol. The molecular formula is C14H17ClN4O2. The second-order valence-corrected chi connectivity index (χ2v) is 4.98. The summed E-state index contributed by atoms with van der Waals surface area (Å²) < 4.78 is 1.51. The molecule has 0 bridgehead atoms. The third kappa shape index (κ3) is 4.54. The second-order valence-electron chi connectivity index (χ2n) is 4.60. The monoisotopic (exact) mass is 308 g/mol. The van der Waals surface area contributed by atoms with E-state index >= 15 is 0 Å². The summed E-state index contributed by atoms with van der Waals surface area (Å²) in [5.41, 5.74) is 1.26. The average Bonchev–Trinajstić information content (AvgIpc) is 2.97. The van der Waals surface area contributed by atoms with Gasteiger partial charge in [0.2, 0.25) is 0 Å². The van der Waals surface area contributed by atoms with Crippen LogP contribution in [-0.2, 0) is 13.0 Å². The molecule has 0 spiro atoms. The fraction of sp³-hybridized carbons (Fsp3) is 0.357. The zero-order valence-corrected chi connectivity index (χ0v) is 12.2. The van der Waals surface area contributed by atoms with Gasteiger partial charge < -0.3 is 10.4 Å². The minimum Gasteiger partial charge on any atom is -0.394 e. The minimum atomic E-state index is -0.363. The summed E-state index contributed by atoms with van der Waals surface area (Å²) >= 11 is 5.60. The number of aliphatic hydroxyl groups excluding tert-OH is 1. The highest BCUT2D eigenvalue weighted by Crippen LogP contribution is 2.04. The molecule has 1 aromatic carbocycles. The van der Waals surface area contributed by atoms with Crippen LogP contribution in [0, 0.1) is 0 Å². The van der Waals surface area contributed by atoms with Crippen molar-refractivity contribution < 1.29 is 9.90 Å². The molecule has 0 aliphatic heterocycles. The van der Waals surface area contributed by atoms with Crippen molar-refractivity contribution in [3.05, 3.63) is 47.8 Å². The number of nitrogens with one attached hydrogen (secondary N) is 1. The van der Waals surface area contributed by atoms with E-state index in [-0.39, 0.29) is 24.2 Å². The van der Waals surface area contributed by atoms with Crippen LogP contribution in [0.3, 0.4) is 0 Å². The number of aliphatic hydroxyl groups is 1. The van der Waals surface area contributed by atoms with E-state index in [0.29, 0.717) is 18.8 Å². The Balaban J connectivity index is 1.95. The molecule has 0 saturated heterocycles. The van der Waals surface area contributed by atoms with Gasteiger partial charge in [-0.3, -0.25) is 9.48 Å². The van der Waals surface area contributed by atoms with Crippen LogP contribution in [-0.4, -0.2) is 44.5 Å². The maximum Gasteiger partial charge on any atom is 0.273 e. The molecule has 1 aromatic heterocycles. The predicted molar refractivity (Wildman–Crippen MR) is 79.2 cm³/mol. The highest BCUT2D eigenvalue weighted by Gasteiger charge is 2.16. The normalized spacial score (nSPS) is 12.1. The molecule has 0 aliphatic carbocycles. The number of hydrogen-bond donors (Lipinski definition) is 2. The maximum absolute atomic E-state index is 12.1. The number of amides is 1. The van der Waals surface area contributed by atoms with Gasteiger partial charge in [0, 0.05) is 5.88 Å². The van der Waals surface area contributed by atoms with Gasteiger partial charge in [-0.25, -0.2) is 0 Å². The van der Waals surface area contributed by atoms with E-state index < -0.39 is 0 Å². The van der Waals surface area contributed by atoms with E-state index in [1.165, 1.54) is 10.9 Å². The van der Waals surface area contributed by atoms with Gasteiger partial charge in [-0.05, 0) is 12.0 Å². The van der Waals surface area contributed by atoms with Crippen molar-refractivity contribution in [3.63, 3.8) is 0 Å². The summed E-state index contributed by atoms with van der Waals surface area (Å²) in [6, 6.07) is 9.30. The van der Waals surface area contributed by atoms with Gasteiger partial charge in [0.15, 0.2) is 5.69 Å². The van der Waals surface area contributed by atoms with Crippen LogP contribution in [0.5, 0.6) is 0 Å². The van der Waals surface area contributed by atoms with E-state index in [9.17, 15) is 9.90 Å².